The molecule has 0 saturated carbocycles. The van der Waals surface area contributed by atoms with E-state index in [1.54, 1.807) is 78.9 Å². The van der Waals surface area contributed by atoms with Crippen LogP contribution in [0, 0.1) is 6.92 Å². The van der Waals surface area contributed by atoms with Gasteiger partial charge in [0.25, 0.3) is 10.0 Å². The Bertz CT molecular complexity index is 1560. The van der Waals surface area contributed by atoms with Gasteiger partial charge in [-0.15, -0.1) is 3.77 Å². The lowest BCUT2D eigenvalue weighted by molar-refractivity contribution is 0.116. The van der Waals surface area contributed by atoms with E-state index in [1.807, 2.05) is 43.3 Å². The number of aryl methyl sites for hydroxylation is 1. The van der Waals surface area contributed by atoms with Crippen LogP contribution in [0.25, 0.3) is 6.08 Å². The van der Waals surface area contributed by atoms with Gasteiger partial charge in [0.15, 0.2) is 0 Å². The van der Waals surface area contributed by atoms with Crippen molar-refractivity contribution in [2.75, 3.05) is 5.75 Å². The highest BCUT2D eigenvalue weighted by atomic mass is 32.3. The second-order valence-corrected chi connectivity index (χ2v) is 12.6. The summed E-state index contributed by atoms with van der Waals surface area (Å²) >= 11 is 0. The molecule has 184 valence electrons. The van der Waals surface area contributed by atoms with E-state index in [4.69, 9.17) is 0 Å². The molecule has 2 atom stereocenters. The summed E-state index contributed by atoms with van der Waals surface area (Å²) < 4.78 is 45.1. The van der Waals surface area contributed by atoms with E-state index in [0.29, 0.717) is 5.56 Å². The first kappa shape index (κ1) is 25.6. The summed E-state index contributed by atoms with van der Waals surface area (Å²) in [7, 11) is -7.95. The predicted molar refractivity (Wildman–Crippen MR) is 144 cm³/mol. The van der Waals surface area contributed by atoms with Crippen LogP contribution < -0.4 is 0 Å². The van der Waals surface area contributed by atoms with Gasteiger partial charge >= 0.3 is 0 Å². The van der Waals surface area contributed by atoms with Crippen LogP contribution in [0.3, 0.4) is 0 Å². The SMILES string of the molecule is Cc1ccc(S(=O)(=O)N=[S@](=O)(CC(O)(/C=C/c2ccccc2)c2ccccc2)c2ccccc2)cc1. The van der Waals surface area contributed by atoms with Crippen molar-refractivity contribution in [1.82, 2.24) is 0 Å². The minimum Gasteiger partial charge on any atom is -0.380 e. The van der Waals surface area contributed by atoms with E-state index in [0.717, 1.165) is 11.1 Å². The van der Waals surface area contributed by atoms with Crippen LogP contribution >= 0.6 is 0 Å². The van der Waals surface area contributed by atoms with E-state index < -0.39 is 31.1 Å². The van der Waals surface area contributed by atoms with Gasteiger partial charge in [-0.2, -0.15) is 8.42 Å². The van der Waals surface area contributed by atoms with Crippen LogP contribution in [-0.2, 0) is 25.4 Å². The standard InChI is InChI=1S/C29H27NO4S2/c1-24-17-19-28(20-18-24)36(33,34)30-35(32,27-15-9-4-10-16-27)23-29(31,26-13-7-3-8-14-26)22-21-25-11-5-2-6-12-25/h2-22,31H,23H2,1H3/b22-21+/t29?,35-/m0/s1. The summed E-state index contributed by atoms with van der Waals surface area (Å²) in [5.41, 5.74) is 0.435. The van der Waals surface area contributed by atoms with Gasteiger partial charge in [0, 0.05) is 4.90 Å². The largest absolute Gasteiger partial charge is 0.380 e. The highest BCUT2D eigenvalue weighted by molar-refractivity contribution is 8.03. The Balaban J connectivity index is 1.89. The molecule has 5 nitrogen and oxygen atoms in total. The molecule has 7 heteroatoms. The van der Waals surface area contributed by atoms with E-state index in [9.17, 15) is 17.7 Å². The highest BCUT2D eigenvalue weighted by Crippen LogP contribution is 2.31. The smallest absolute Gasteiger partial charge is 0.290 e. The second-order valence-electron chi connectivity index (χ2n) is 8.49. The lowest BCUT2D eigenvalue weighted by atomic mass is 9.94. The highest BCUT2D eigenvalue weighted by Gasteiger charge is 2.34. The molecule has 0 spiro atoms. The fraction of sp³-hybridized carbons (Fsp3) is 0.103. The number of benzene rings is 4. The zero-order valence-electron chi connectivity index (χ0n) is 19.8. The summed E-state index contributed by atoms with van der Waals surface area (Å²) in [4.78, 5) is 0.169. The summed E-state index contributed by atoms with van der Waals surface area (Å²) in [6, 6.07) is 32.6. The number of sulfonamides is 1. The molecule has 4 aromatic rings. The van der Waals surface area contributed by atoms with Crippen LogP contribution in [0.15, 0.2) is 135 Å². The molecule has 1 unspecified atom stereocenters. The monoisotopic (exact) mass is 517 g/mol. The average Bonchev–Trinajstić information content (AvgIpc) is 2.89. The summed E-state index contributed by atoms with van der Waals surface area (Å²) in [6.07, 6.45) is 3.28. The maximum atomic E-state index is 14.5. The third-order valence-corrected chi connectivity index (χ3v) is 10.1. The van der Waals surface area contributed by atoms with Crippen LogP contribution in [0.2, 0.25) is 0 Å². The molecular weight excluding hydrogens is 490 g/mol. The van der Waals surface area contributed by atoms with Gasteiger partial charge in [0.2, 0.25) is 0 Å². The van der Waals surface area contributed by atoms with Crippen molar-refractivity contribution in [1.29, 1.82) is 0 Å². The quantitative estimate of drug-likeness (QED) is 0.320. The normalized spacial score (nSPS) is 15.2. The Morgan fingerprint density at radius 1 is 0.722 bits per heavy atom. The number of hydrogen-bond acceptors (Lipinski definition) is 4. The summed E-state index contributed by atoms with van der Waals surface area (Å²) in [5, 5.41) is 11.9. The van der Waals surface area contributed by atoms with Gasteiger partial charge in [-0.25, -0.2) is 4.21 Å². The molecule has 0 amide bonds. The van der Waals surface area contributed by atoms with E-state index in [-0.39, 0.29) is 9.79 Å². The molecule has 0 aliphatic rings. The maximum absolute atomic E-state index is 14.5. The van der Waals surface area contributed by atoms with E-state index in [1.165, 1.54) is 12.1 Å². The first-order chi connectivity index (χ1) is 17.2. The molecule has 0 aliphatic carbocycles. The van der Waals surface area contributed by atoms with Crippen molar-refractivity contribution in [2.24, 2.45) is 3.77 Å². The number of nitrogens with zero attached hydrogens (tertiary/aromatic N) is 1. The molecule has 0 bridgehead atoms. The zero-order chi connectivity index (χ0) is 25.7. The molecule has 4 rings (SSSR count). The van der Waals surface area contributed by atoms with Gasteiger partial charge in [-0.1, -0.05) is 103 Å². The molecule has 0 heterocycles. The van der Waals surface area contributed by atoms with Crippen LogP contribution in [0.5, 0.6) is 0 Å². The average molecular weight is 518 g/mol. The zero-order valence-corrected chi connectivity index (χ0v) is 21.4. The molecule has 0 aliphatic heterocycles. The van der Waals surface area contributed by atoms with Crippen molar-refractivity contribution in [2.45, 2.75) is 22.3 Å². The summed E-state index contributed by atoms with van der Waals surface area (Å²) in [6.45, 7) is 1.85. The molecule has 1 N–H and O–H groups in total. The van der Waals surface area contributed by atoms with Crippen molar-refractivity contribution >= 4 is 25.8 Å². The van der Waals surface area contributed by atoms with Crippen LogP contribution in [0.4, 0.5) is 0 Å². The first-order valence-corrected chi connectivity index (χ1v) is 14.5. The van der Waals surface area contributed by atoms with Gasteiger partial charge < -0.3 is 5.11 Å². The van der Waals surface area contributed by atoms with Crippen LogP contribution in [-0.4, -0.2) is 23.5 Å². The predicted octanol–water partition coefficient (Wildman–Crippen LogP) is 5.81. The third kappa shape index (κ3) is 5.99. The summed E-state index contributed by atoms with van der Waals surface area (Å²) in [5.74, 6) is -0.456. The third-order valence-electron chi connectivity index (χ3n) is 5.69. The molecule has 0 aromatic heterocycles. The molecule has 0 radical (unpaired) electrons. The van der Waals surface area contributed by atoms with E-state index >= 15 is 0 Å². The van der Waals surface area contributed by atoms with Crippen LogP contribution in [0.1, 0.15) is 16.7 Å². The van der Waals surface area contributed by atoms with Crippen molar-refractivity contribution in [3.8, 4) is 0 Å². The minimum atomic E-state index is -4.29. The van der Waals surface area contributed by atoms with Gasteiger partial charge in [0.1, 0.15) is 5.60 Å². The van der Waals surface area contributed by atoms with Crippen molar-refractivity contribution in [3.05, 3.63) is 138 Å². The number of rotatable bonds is 8. The number of hydrogen-bond donors (Lipinski definition) is 1. The van der Waals surface area contributed by atoms with Crippen molar-refractivity contribution in [3.63, 3.8) is 0 Å². The molecule has 0 saturated heterocycles. The molecular formula is C29H27NO4S2. The molecule has 36 heavy (non-hydrogen) atoms. The Hall–Kier alpha value is -3.52. The fourth-order valence-corrected chi connectivity index (χ4v) is 8.00. The maximum Gasteiger partial charge on any atom is 0.290 e. The van der Waals surface area contributed by atoms with E-state index in [2.05, 4.69) is 3.77 Å². The Labute approximate surface area is 213 Å². The Kier molecular flexibility index (Phi) is 7.54. The Morgan fingerprint density at radius 2 is 1.25 bits per heavy atom. The molecule has 0 fully saturated rings. The second kappa shape index (κ2) is 10.6. The van der Waals surface area contributed by atoms with Gasteiger partial charge in [0.05, 0.1) is 20.4 Å². The topological polar surface area (TPSA) is 83.8 Å². The number of aliphatic hydroxyl groups is 1. The minimum absolute atomic E-state index is 0.0557. The lowest BCUT2D eigenvalue weighted by Crippen LogP contribution is -2.33. The van der Waals surface area contributed by atoms with Crippen molar-refractivity contribution < 1.29 is 17.7 Å². The van der Waals surface area contributed by atoms with Gasteiger partial charge in [-0.3, -0.25) is 0 Å². The first-order valence-electron chi connectivity index (χ1n) is 11.4. The molecule has 4 aromatic carbocycles. The Morgan fingerprint density at radius 3 is 1.83 bits per heavy atom. The van der Waals surface area contributed by atoms with Gasteiger partial charge in [-0.05, 0) is 48.4 Å². The fourth-order valence-electron chi connectivity index (χ4n) is 3.75. The lowest BCUT2D eigenvalue weighted by Gasteiger charge is -2.27.